The Morgan fingerprint density at radius 3 is 2.38 bits per heavy atom. The van der Waals surface area contributed by atoms with Crippen LogP contribution >= 0.6 is 0 Å². The molecule has 0 radical (unpaired) electrons. The van der Waals surface area contributed by atoms with Gasteiger partial charge in [-0.3, -0.25) is 0 Å². The summed E-state index contributed by atoms with van der Waals surface area (Å²) in [5.74, 6) is 2.21. The number of hydrogen-bond donors (Lipinski definition) is 1. The van der Waals surface area contributed by atoms with Crippen LogP contribution < -0.4 is 15.1 Å². The molecule has 1 aromatic carbocycles. The molecule has 1 N–H and O–H groups in total. The van der Waals surface area contributed by atoms with Crippen molar-refractivity contribution < 1.29 is 8.42 Å². The van der Waals surface area contributed by atoms with E-state index >= 15 is 0 Å². The van der Waals surface area contributed by atoms with Crippen LogP contribution in [0.4, 0.5) is 23.1 Å². The number of sulfonamides is 1. The molecule has 2 aromatic rings. The lowest BCUT2D eigenvalue weighted by atomic mass is 10.1. The number of piperazine rings is 1. The summed E-state index contributed by atoms with van der Waals surface area (Å²) in [5.41, 5.74) is 3.30. The van der Waals surface area contributed by atoms with E-state index < -0.39 is 10.0 Å². The average Bonchev–Trinajstić information content (AvgIpc) is 3.42. The number of nitrogens with zero attached hydrogens (tertiary/aromatic N) is 5. The van der Waals surface area contributed by atoms with Gasteiger partial charge in [0.2, 0.25) is 16.0 Å². The third-order valence-electron chi connectivity index (χ3n) is 7.03. The molecule has 1 aliphatic carbocycles. The zero-order valence-corrected chi connectivity index (χ0v) is 19.7. The predicted molar refractivity (Wildman–Crippen MR) is 128 cm³/mol. The van der Waals surface area contributed by atoms with Crippen LogP contribution in [-0.4, -0.2) is 67.7 Å². The first-order chi connectivity index (χ1) is 15.4. The van der Waals surface area contributed by atoms with Crippen LogP contribution in [0, 0.1) is 0 Å². The van der Waals surface area contributed by atoms with Gasteiger partial charge in [-0.2, -0.15) is 9.29 Å². The number of fused-ring (bicyclic) bond motifs is 1. The van der Waals surface area contributed by atoms with Crippen LogP contribution in [0.3, 0.4) is 0 Å². The summed E-state index contributed by atoms with van der Waals surface area (Å²) in [5, 5.41) is 3.36. The average molecular weight is 457 g/mol. The van der Waals surface area contributed by atoms with Crippen molar-refractivity contribution in [2.45, 2.75) is 44.6 Å². The zero-order valence-electron chi connectivity index (χ0n) is 18.9. The molecule has 5 rings (SSSR count). The molecular weight excluding hydrogens is 424 g/mol. The molecule has 2 fully saturated rings. The fraction of sp³-hybridized carbons (Fsp3) is 0.565. The van der Waals surface area contributed by atoms with Crippen molar-refractivity contribution in [1.29, 1.82) is 0 Å². The number of hydrogen-bond acceptors (Lipinski definition) is 7. The molecule has 1 saturated carbocycles. The van der Waals surface area contributed by atoms with Crippen LogP contribution in [-0.2, 0) is 10.0 Å². The normalized spacial score (nSPS) is 22.4. The van der Waals surface area contributed by atoms with E-state index in [4.69, 9.17) is 4.98 Å². The third kappa shape index (κ3) is 4.28. The SMILES string of the molecule is CC1CN(C2CCCC2)c2nc(Nc3ccc(N4CCN(S(C)(=O)=O)CC4)cc3)ncc21. The van der Waals surface area contributed by atoms with E-state index in [1.165, 1.54) is 37.5 Å². The molecule has 1 atom stereocenters. The molecule has 1 aromatic heterocycles. The van der Waals surface area contributed by atoms with Crippen LogP contribution in [0.25, 0.3) is 0 Å². The van der Waals surface area contributed by atoms with Crippen LogP contribution in [0.5, 0.6) is 0 Å². The Morgan fingerprint density at radius 2 is 1.72 bits per heavy atom. The maximum atomic E-state index is 11.7. The van der Waals surface area contributed by atoms with Gasteiger partial charge < -0.3 is 15.1 Å². The van der Waals surface area contributed by atoms with E-state index in [1.807, 2.05) is 18.3 Å². The monoisotopic (exact) mass is 456 g/mol. The highest BCUT2D eigenvalue weighted by Crippen LogP contribution is 2.39. The Morgan fingerprint density at radius 1 is 1.03 bits per heavy atom. The fourth-order valence-electron chi connectivity index (χ4n) is 5.20. The smallest absolute Gasteiger partial charge is 0.229 e. The van der Waals surface area contributed by atoms with Crippen molar-refractivity contribution in [3.63, 3.8) is 0 Å². The van der Waals surface area contributed by atoms with Gasteiger partial charge in [-0.05, 0) is 37.1 Å². The van der Waals surface area contributed by atoms with E-state index in [2.05, 4.69) is 39.2 Å². The Balaban J connectivity index is 1.26. The Hall–Kier alpha value is -2.39. The van der Waals surface area contributed by atoms with Crippen LogP contribution in [0.15, 0.2) is 30.5 Å². The van der Waals surface area contributed by atoms with Crippen molar-refractivity contribution in [2.24, 2.45) is 0 Å². The van der Waals surface area contributed by atoms with Gasteiger partial charge >= 0.3 is 0 Å². The quantitative estimate of drug-likeness (QED) is 0.740. The minimum Gasteiger partial charge on any atom is -0.369 e. The van der Waals surface area contributed by atoms with E-state index in [0.29, 0.717) is 44.1 Å². The van der Waals surface area contributed by atoms with Crippen molar-refractivity contribution >= 4 is 33.2 Å². The molecule has 1 saturated heterocycles. The van der Waals surface area contributed by atoms with E-state index in [1.54, 1.807) is 4.31 Å². The standard InChI is InChI=1S/C23H32N6O2S/c1-17-16-29(20-5-3-4-6-20)22-21(17)15-24-23(26-22)25-18-7-9-19(10-8-18)27-11-13-28(14-12-27)32(2,30)31/h7-10,15,17,20H,3-6,11-14,16H2,1-2H3,(H,24,25,26). The first kappa shape index (κ1) is 21.5. The van der Waals surface area contributed by atoms with Crippen molar-refractivity contribution in [3.8, 4) is 0 Å². The van der Waals surface area contributed by atoms with Gasteiger partial charge in [0.15, 0.2) is 0 Å². The lowest BCUT2D eigenvalue weighted by molar-refractivity contribution is 0.388. The van der Waals surface area contributed by atoms with Crippen molar-refractivity contribution in [2.75, 3.05) is 54.1 Å². The molecule has 8 nitrogen and oxygen atoms in total. The molecule has 3 aliphatic rings. The molecular formula is C23H32N6O2S. The summed E-state index contributed by atoms with van der Waals surface area (Å²) in [6.07, 6.45) is 8.42. The number of aromatic nitrogens is 2. The zero-order chi connectivity index (χ0) is 22.3. The number of anilines is 4. The van der Waals surface area contributed by atoms with Gasteiger partial charge in [-0.1, -0.05) is 19.8 Å². The predicted octanol–water partition coefficient (Wildman–Crippen LogP) is 3.17. The first-order valence-electron chi connectivity index (χ1n) is 11.6. The van der Waals surface area contributed by atoms with Crippen LogP contribution in [0.2, 0.25) is 0 Å². The largest absolute Gasteiger partial charge is 0.369 e. The summed E-state index contributed by atoms with van der Waals surface area (Å²) in [4.78, 5) is 14.2. The Labute approximate surface area is 190 Å². The Bertz CT molecular complexity index is 1060. The van der Waals surface area contributed by atoms with Crippen molar-refractivity contribution in [3.05, 3.63) is 36.0 Å². The van der Waals surface area contributed by atoms with Gasteiger partial charge in [0.1, 0.15) is 5.82 Å². The van der Waals surface area contributed by atoms with Crippen molar-refractivity contribution in [1.82, 2.24) is 14.3 Å². The second-order valence-corrected chi connectivity index (χ2v) is 11.3. The van der Waals surface area contributed by atoms with Gasteiger partial charge in [0.05, 0.1) is 6.26 Å². The van der Waals surface area contributed by atoms with E-state index in [-0.39, 0.29) is 0 Å². The molecule has 0 amide bonds. The lowest BCUT2D eigenvalue weighted by Crippen LogP contribution is -2.48. The summed E-state index contributed by atoms with van der Waals surface area (Å²) in [7, 11) is -3.11. The first-order valence-corrected chi connectivity index (χ1v) is 13.4. The Kier molecular flexibility index (Phi) is 5.71. The highest BCUT2D eigenvalue weighted by Gasteiger charge is 2.34. The fourth-order valence-corrected chi connectivity index (χ4v) is 6.03. The van der Waals surface area contributed by atoms with Gasteiger partial charge in [-0.25, -0.2) is 13.4 Å². The molecule has 172 valence electrons. The highest BCUT2D eigenvalue weighted by molar-refractivity contribution is 7.88. The molecule has 2 aliphatic heterocycles. The summed E-state index contributed by atoms with van der Waals surface area (Å²) in [6, 6.07) is 8.82. The summed E-state index contributed by atoms with van der Waals surface area (Å²) in [6.45, 7) is 5.75. The minimum atomic E-state index is -3.11. The molecule has 1 unspecified atom stereocenters. The second kappa shape index (κ2) is 8.51. The number of rotatable bonds is 5. The van der Waals surface area contributed by atoms with E-state index in [9.17, 15) is 8.42 Å². The number of nitrogens with one attached hydrogen (secondary N) is 1. The maximum Gasteiger partial charge on any atom is 0.229 e. The third-order valence-corrected chi connectivity index (χ3v) is 8.33. The second-order valence-electron chi connectivity index (χ2n) is 9.29. The maximum absolute atomic E-state index is 11.7. The van der Waals surface area contributed by atoms with Gasteiger partial charge in [0.25, 0.3) is 0 Å². The molecule has 3 heterocycles. The van der Waals surface area contributed by atoms with E-state index in [0.717, 1.165) is 23.7 Å². The lowest BCUT2D eigenvalue weighted by Gasteiger charge is -2.34. The highest BCUT2D eigenvalue weighted by atomic mass is 32.2. The molecule has 9 heteroatoms. The van der Waals surface area contributed by atoms with Crippen LogP contribution in [0.1, 0.15) is 44.1 Å². The summed E-state index contributed by atoms with van der Waals surface area (Å²) >= 11 is 0. The van der Waals surface area contributed by atoms with Gasteiger partial charge in [-0.15, -0.1) is 0 Å². The molecule has 0 bridgehead atoms. The topological polar surface area (TPSA) is 81.7 Å². The minimum absolute atomic E-state index is 0.474. The van der Waals surface area contributed by atoms with Gasteiger partial charge in [0, 0.05) is 67.8 Å². The molecule has 0 spiro atoms. The summed E-state index contributed by atoms with van der Waals surface area (Å²) < 4.78 is 25.0. The number of benzene rings is 1. The molecule has 32 heavy (non-hydrogen) atoms.